The van der Waals surface area contributed by atoms with E-state index in [2.05, 4.69) is 0 Å². The Morgan fingerprint density at radius 2 is 1.81 bits per heavy atom. The highest BCUT2D eigenvalue weighted by Crippen LogP contribution is 2.38. The molecule has 1 aliphatic heterocycles. The second kappa shape index (κ2) is 9.30. The number of halogens is 5. The van der Waals surface area contributed by atoms with E-state index in [-0.39, 0.29) is 48.6 Å². The summed E-state index contributed by atoms with van der Waals surface area (Å²) < 4.78 is 46.8. The number of amides is 1. The zero-order chi connectivity index (χ0) is 26.6. The monoisotopic (exact) mass is 540 g/mol. The lowest BCUT2D eigenvalue weighted by molar-refractivity contribution is -0.162. The van der Waals surface area contributed by atoms with E-state index in [0.717, 1.165) is 12.1 Å². The third-order valence-corrected chi connectivity index (χ3v) is 7.49. The van der Waals surface area contributed by atoms with Crippen LogP contribution in [0, 0.1) is 12.3 Å². The molecule has 2 aromatic carbocycles. The zero-order valence-electron chi connectivity index (χ0n) is 20.2. The fourth-order valence-electron chi connectivity index (χ4n) is 4.65. The molecule has 10 heteroatoms. The van der Waals surface area contributed by atoms with E-state index in [1.54, 1.807) is 38.5 Å². The van der Waals surface area contributed by atoms with Crippen LogP contribution < -0.4 is 0 Å². The topological polar surface area (TPSA) is 51.5 Å². The number of ether oxygens (including phenoxy) is 1. The molecular weight excluding hydrogens is 516 g/mol. The number of benzene rings is 2. The number of aromatic nitrogens is 1. The van der Waals surface area contributed by atoms with Gasteiger partial charge in [0.05, 0.1) is 22.8 Å². The van der Waals surface area contributed by atoms with Gasteiger partial charge in [-0.3, -0.25) is 9.59 Å². The van der Waals surface area contributed by atoms with E-state index in [9.17, 15) is 22.8 Å². The van der Waals surface area contributed by atoms with Gasteiger partial charge in [0.25, 0.3) is 5.91 Å². The molecule has 36 heavy (non-hydrogen) atoms. The van der Waals surface area contributed by atoms with Gasteiger partial charge in [0, 0.05) is 48.2 Å². The van der Waals surface area contributed by atoms with Crippen LogP contribution in [-0.2, 0) is 29.2 Å². The summed E-state index contributed by atoms with van der Waals surface area (Å²) in [7, 11) is 1.68. The molecule has 5 nitrogen and oxygen atoms in total. The number of alkyl halides is 3. The smallest absolute Gasteiger partial charge is 0.416 e. The molecule has 0 bridgehead atoms. The van der Waals surface area contributed by atoms with Crippen molar-refractivity contribution in [1.82, 2.24) is 9.47 Å². The average molecular weight is 541 g/mol. The van der Waals surface area contributed by atoms with E-state index in [0.29, 0.717) is 32.7 Å². The second-order valence-corrected chi connectivity index (χ2v) is 10.2. The van der Waals surface area contributed by atoms with Crippen LogP contribution in [-0.4, -0.2) is 41.0 Å². The van der Waals surface area contributed by atoms with E-state index in [1.807, 2.05) is 6.07 Å². The SMILES string of the molecule is CCOC(=O)C1(C)CN(C(=O)c2ccc(Cl)c(Cc3cc4c(C)cc(C(F)(F)F)cc4n3C)c2Cl)C1. The summed E-state index contributed by atoms with van der Waals surface area (Å²) in [5, 5.41) is 1.21. The first-order chi connectivity index (χ1) is 16.8. The normalized spacial score (nSPS) is 15.2. The standard InChI is InChI=1S/C26H25Cl2F3N2O3/c1-5-36-24(35)25(3)12-33(13-25)23(34)17-6-7-20(27)19(22(17)28)11-16-10-18-14(2)8-15(26(29,30)31)9-21(18)32(16)4/h6-10H,5,11-13H2,1-4H3. The van der Waals surface area contributed by atoms with Crippen molar-refractivity contribution in [2.75, 3.05) is 19.7 Å². The van der Waals surface area contributed by atoms with Crippen molar-refractivity contribution in [3.05, 3.63) is 68.3 Å². The molecule has 4 rings (SSSR count). The molecule has 192 valence electrons. The second-order valence-electron chi connectivity index (χ2n) is 9.42. The van der Waals surface area contributed by atoms with Crippen LogP contribution in [0.3, 0.4) is 0 Å². The van der Waals surface area contributed by atoms with Gasteiger partial charge < -0.3 is 14.2 Å². The summed E-state index contributed by atoms with van der Waals surface area (Å²) in [6.45, 7) is 5.80. The minimum Gasteiger partial charge on any atom is -0.465 e. The Morgan fingerprint density at radius 1 is 1.14 bits per heavy atom. The van der Waals surface area contributed by atoms with Gasteiger partial charge in [0.15, 0.2) is 0 Å². The lowest BCUT2D eigenvalue weighted by atomic mass is 9.81. The van der Waals surface area contributed by atoms with Crippen molar-refractivity contribution >= 4 is 46.0 Å². The van der Waals surface area contributed by atoms with E-state index in [4.69, 9.17) is 27.9 Å². The van der Waals surface area contributed by atoms with Crippen LogP contribution >= 0.6 is 23.2 Å². The number of hydrogen-bond acceptors (Lipinski definition) is 3. The summed E-state index contributed by atoms with van der Waals surface area (Å²) in [6, 6.07) is 7.18. The first-order valence-corrected chi connectivity index (χ1v) is 12.1. The predicted octanol–water partition coefficient (Wildman–Crippen LogP) is 6.43. The lowest BCUT2D eigenvalue weighted by Crippen LogP contribution is -2.61. The highest BCUT2D eigenvalue weighted by atomic mass is 35.5. The van der Waals surface area contributed by atoms with Gasteiger partial charge >= 0.3 is 12.1 Å². The summed E-state index contributed by atoms with van der Waals surface area (Å²) in [4.78, 5) is 26.8. The van der Waals surface area contributed by atoms with Crippen LogP contribution in [0.25, 0.3) is 10.9 Å². The van der Waals surface area contributed by atoms with Gasteiger partial charge in [0.2, 0.25) is 0 Å². The highest BCUT2D eigenvalue weighted by Gasteiger charge is 2.48. The summed E-state index contributed by atoms with van der Waals surface area (Å²) in [6.07, 6.45) is -4.24. The Hall–Kier alpha value is -2.71. The molecule has 1 saturated heterocycles. The minimum atomic E-state index is -4.45. The fourth-order valence-corrected chi connectivity index (χ4v) is 5.23. The molecule has 0 aliphatic carbocycles. The summed E-state index contributed by atoms with van der Waals surface area (Å²) in [5.74, 6) is -0.681. The number of likely N-dealkylation sites (tertiary alicyclic amines) is 1. The van der Waals surface area contributed by atoms with Crippen molar-refractivity contribution < 1.29 is 27.5 Å². The third kappa shape index (κ3) is 4.57. The van der Waals surface area contributed by atoms with Crippen molar-refractivity contribution in [3.8, 4) is 0 Å². The molecule has 1 aromatic heterocycles. The molecule has 2 heterocycles. The predicted molar refractivity (Wildman–Crippen MR) is 133 cm³/mol. The van der Waals surface area contributed by atoms with E-state index >= 15 is 0 Å². The number of nitrogens with zero attached hydrogens (tertiary/aromatic N) is 2. The fraction of sp³-hybridized carbons (Fsp3) is 0.385. The molecule has 1 fully saturated rings. The number of aryl methyl sites for hydroxylation is 2. The number of hydrogen-bond donors (Lipinski definition) is 0. The van der Waals surface area contributed by atoms with Crippen molar-refractivity contribution in [2.24, 2.45) is 12.5 Å². The minimum absolute atomic E-state index is 0.176. The Bertz CT molecular complexity index is 1380. The van der Waals surface area contributed by atoms with Gasteiger partial charge in [-0.1, -0.05) is 23.2 Å². The molecule has 3 aromatic rings. The summed E-state index contributed by atoms with van der Waals surface area (Å²) >= 11 is 13.1. The van der Waals surface area contributed by atoms with Crippen LogP contribution in [0.1, 0.15) is 46.6 Å². The molecular formula is C26H25Cl2F3N2O3. The maximum atomic E-state index is 13.3. The first-order valence-electron chi connectivity index (χ1n) is 11.4. The molecule has 0 unspecified atom stereocenters. The first kappa shape index (κ1) is 26.4. The number of carbonyl (C=O) groups excluding carboxylic acids is 2. The average Bonchev–Trinajstić information content (AvgIpc) is 3.09. The zero-order valence-corrected chi connectivity index (χ0v) is 21.7. The number of fused-ring (bicyclic) bond motifs is 1. The van der Waals surface area contributed by atoms with Crippen molar-refractivity contribution in [3.63, 3.8) is 0 Å². The van der Waals surface area contributed by atoms with Crippen LogP contribution in [0.5, 0.6) is 0 Å². The van der Waals surface area contributed by atoms with Gasteiger partial charge in [0.1, 0.15) is 5.41 Å². The Morgan fingerprint density at radius 3 is 2.42 bits per heavy atom. The van der Waals surface area contributed by atoms with Gasteiger partial charge in [-0.05, 0) is 62.2 Å². The Kier molecular flexibility index (Phi) is 6.81. The molecule has 1 aliphatic rings. The summed E-state index contributed by atoms with van der Waals surface area (Å²) in [5.41, 5.74) is 0.909. The third-order valence-electron chi connectivity index (χ3n) is 6.70. The quantitative estimate of drug-likeness (QED) is 0.350. The van der Waals surface area contributed by atoms with Crippen LogP contribution in [0.4, 0.5) is 13.2 Å². The Balaban J connectivity index is 1.64. The molecule has 0 spiro atoms. The van der Waals surface area contributed by atoms with Gasteiger partial charge in [-0.2, -0.15) is 13.2 Å². The van der Waals surface area contributed by atoms with Crippen molar-refractivity contribution in [1.29, 1.82) is 0 Å². The number of esters is 1. The molecule has 0 saturated carbocycles. The maximum absolute atomic E-state index is 13.3. The van der Waals surface area contributed by atoms with Crippen LogP contribution in [0.15, 0.2) is 30.3 Å². The molecule has 0 atom stereocenters. The Labute approximate surface area is 216 Å². The van der Waals surface area contributed by atoms with E-state index in [1.165, 1.54) is 11.0 Å². The molecule has 1 amide bonds. The molecule has 0 N–H and O–H groups in total. The lowest BCUT2D eigenvalue weighted by Gasteiger charge is -2.45. The van der Waals surface area contributed by atoms with Crippen LogP contribution in [0.2, 0.25) is 10.0 Å². The molecule has 0 radical (unpaired) electrons. The number of carbonyl (C=O) groups is 2. The highest BCUT2D eigenvalue weighted by molar-refractivity contribution is 6.38. The maximum Gasteiger partial charge on any atom is 0.416 e. The van der Waals surface area contributed by atoms with E-state index < -0.39 is 17.2 Å². The van der Waals surface area contributed by atoms with Gasteiger partial charge in [-0.15, -0.1) is 0 Å². The number of rotatable bonds is 5. The largest absolute Gasteiger partial charge is 0.465 e. The van der Waals surface area contributed by atoms with Crippen molar-refractivity contribution in [2.45, 2.75) is 33.4 Å². The van der Waals surface area contributed by atoms with Gasteiger partial charge in [-0.25, -0.2) is 0 Å².